The number of benzene rings is 1. The maximum atomic E-state index is 12.9. The van der Waals surface area contributed by atoms with Gasteiger partial charge in [0.2, 0.25) is 0 Å². The third-order valence-electron chi connectivity index (χ3n) is 2.48. The number of carboxylic acid groups (broad SMARTS) is 1. The molecule has 0 bridgehead atoms. The molecule has 0 fully saturated rings. The van der Waals surface area contributed by atoms with Gasteiger partial charge in [-0.1, -0.05) is 6.92 Å². The van der Waals surface area contributed by atoms with Crippen LogP contribution < -0.4 is 0 Å². The summed E-state index contributed by atoms with van der Waals surface area (Å²) >= 11 is 1.88. The SMILES string of the molecule is CC(CN(C)C(=O)c1ccc(F)cc1I)C(=O)O. The van der Waals surface area contributed by atoms with Crippen molar-refractivity contribution in [1.29, 1.82) is 0 Å². The summed E-state index contributed by atoms with van der Waals surface area (Å²) in [6.07, 6.45) is 0. The van der Waals surface area contributed by atoms with Crippen LogP contribution in [0.5, 0.6) is 0 Å². The second kappa shape index (κ2) is 6.12. The smallest absolute Gasteiger partial charge is 0.308 e. The molecule has 1 atom stereocenters. The lowest BCUT2D eigenvalue weighted by atomic mass is 10.1. The molecule has 4 nitrogen and oxygen atoms in total. The number of halogens is 2. The highest BCUT2D eigenvalue weighted by molar-refractivity contribution is 14.1. The van der Waals surface area contributed by atoms with Gasteiger partial charge in [0.05, 0.1) is 11.5 Å². The number of hydrogen-bond donors (Lipinski definition) is 1. The lowest BCUT2D eigenvalue weighted by Crippen LogP contribution is -2.34. The molecule has 0 heterocycles. The van der Waals surface area contributed by atoms with Gasteiger partial charge in [-0.2, -0.15) is 0 Å². The van der Waals surface area contributed by atoms with E-state index in [4.69, 9.17) is 5.11 Å². The topological polar surface area (TPSA) is 57.6 Å². The van der Waals surface area contributed by atoms with Gasteiger partial charge >= 0.3 is 5.97 Å². The van der Waals surface area contributed by atoms with E-state index in [1.807, 2.05) is 22.6 Å². The van der Waals surface area contributed by atoms with Crippen LogP contribution in [0.4, 0.5) is 4.39 Å². The number of amides is 1. The van der Waals surface area contributed by atoms with E-state index in [1.54, 1.807) is 0 Å². The fraction of sp³-hybridized carbons (Fsp3) is 0.333. The van der Waals surface area contributed by atoms with E-state index in [-0.39, 0.29) is 12.5 Å². The van der Waals surface area contributed by atoms with E-state index in [0.29, 0.717) is 9.13 Å². The minimum absolute atomic E-state index is 0.113. The summed E-state index contributed by atoms with van der Waals surface area (Å²) in [5.41, 5.74) is 0.372. The molecule has 0 radical (unpaired) electrons. The molecule has 6 heteroatoms. The molecule has 0 spiro atoms. The molecule has 1 aromatic rings. The van der Waals surface area contributed by atoms with Crippen molar-refractivity contribution >= 4 is 34.5 Å². The number of carbonyl (C=O) groups excluding carboxylic acids is 1. The number of aliphatic carboxylic acids is 1. The first-order valence-corrected chi connectivity index (χ1v) is 6.34. The summed E-state index contributed by atoms with van der Waals surface area (Å²) in [7, 11) is 1.53. The van der Waals surface area contributed by atoms with Crippen LogP contribution in [0.2, 0.25) is 0 Å². The minimum Gasteiger partial charge on any atom is -0.481 e. The second-order valence-electron chi connectivity index (χ2n) is 4.05. The van der Waals surface area contributed by atoms with Crippen LogP contribution in [0.25, 0.3) is 0 Å². The Morgan fingerprint density at radius 3 is 2.61 bits per heavy atom. The minimum atomic E-state index is -0.955. The monoisotopic (exact) mass is 365 g/mol. The van der Waals surface area contributed by atoms with Crippen molar-refractivity contribution in [1.82, 2.24) is 4.90 Å². The van der Waals surface area contributed by atoms with Crippen LogP contribution in [-0.4, -0.2) is 35.5 Å². The van der Waals surface area contributed by atoms with Crippen LogP contribution in [0, 0.1) is 15.3 Å². The van der Waals surface area contributed by atoms with Crippen molar-refractivity contribution in [2.75, 3.05) is 13.6 Å². The highest BCUT2D eigenvalue weighted by Gasteiger charge is 2.20. The molecule has 0 aliphatic heterocycles. The Morgan fingerprint density at radius 1 is 1.50 bits per heavy atom. The zero-order chi connectivity index (χ0) is 13.9. The second-order valence-corrected chi connectivity index (χ2v) is 5.21. The van der Waals surface area contributed by atoms with Crippen molar-refractivity contribution in [2.45, 2.75) is 6.92 Å². The molecular weight excluding hydrogens is 352 g/mol. The van der Waals surface area contributed by atoms with Gasteiger partial charge in [-0.3, -0.25) is 9.59 Å². The molecule has 0 saturated heterocycles. The lowest BCUT2D eigenvalue weighted by molar-refractivity contribution is -0.141. The summed E-state index contributed by atoms with van der Waals surface area (Å²) in [5, 5.41) is 8.79. The Bertz CT molecular complexity index is 478. The van der Waals surface area contributed by atoms with Crippen LogP contribution in [0.3, 0.4) is 0 Å². The van der Waals surface area contributed by atoms with Crippen LogP contribution >= 0.6 is 22.6 Å². The van der Waals surface area contributed by atoms with E-state index in [0.717, 1.165) is 0 Å². The largest absolute Gasteiger partial charge is 0.481 e. The average molecular weight is 365 g/mol. The van der Waals surface area contributed by atoms with Gasteiger partial charge in [0.1, 0.15) is 5.82 Å². The number of carbonyl (C=O) groups is 2. The van der Waals surface area contributed by atoms with E-state index in [1.165, 1.54) is 37.1 Å². The highest BCUT2D eigenvalue weighted by atomic mass is 127. The Labute approximate surface area is 118 Å². The molecule has 1 amide bonds. The van der Waals surface area contributed by atoms with Crippen molar-refractivity contribution < 1.29 is 19.1 Å². The van der Waals surface area contributed by atoms with Crippen molar-refractivity contribution in [3.8, 4) is 0 Å². The summed E-state index contributed by atoms with van der Waals surface area (Å²) < 4.78 is 13.4. The zero-order valence-corrected chi connectivity index (χ0v) is 12.1. The van der Waals surface area contributed by atoms with Crippen molar-refractivity contribution in [3.05, 3.63) is 33.1 Å². The summed E-state index contributed by atoms with van der Waals surface area (Å²) in [5.74, 6) is -2.31. The Kier molecular flexibility index (Phi) is 5.06. The van der Waals surface area contributed by atoms with Crippen molar-refractivity contribution in [2.24, 2.45) is 5.92 Å². The molecule has 1 aromatic carbocycles. The average Bonchev–Trinajstić information content (AvgIpc) is 2.27. The van der Waals surface area contributed by atoms with E-state index >= 15 is 0 Å². The molecule has 0 aromatic heterocycles. The summed E-state index contributed by atoms with van der Waals surface area (Å²) in [6.45, 7) is 1.64. The van der Waals surface area contributed by atoms with Crippen LogP contribution in [-0.2, 0) is 4.79 Å². The number of rotatable bonds is 4. The third-order valence-corrected chi connectivity index (χ3v) is 3.37. The molecule has 0 aliphatic carbocycles. The molecule has 0 aliphatic rings. The first-order chi connectivity index (χ1) is 8.32. The predicted molar refractivity (Wildman–Crippen MR) is 72.9 cm³/mol. The number of carboxylic acids is 1. The predicted octanol–water partition coefficient (Wildman–Crippen LogP) is 2.22. The maximum absolute atomic E-state index is 12.9. The van der Waals surface area contributed by atoms with Crippen molar-refractivity contribution in [3.63, 3.8) is 0 Å². The molecule has 0 saturated carbocycles. The first kappa shape index (κ1) is 14.9. The van der Waals surface area contributed by atoms with Gasteiger partial charge in [-0.05, 0) is 40.8 Å². The Balaban J connectivity index is 2.83. The van der Waals surface area contributed by atoms with Gasteiger partial charge in [-0.25, -0.2) is 4.39 Å². The highest BCUT2D eigenvalue weighted by Crippen LogP contribution is 2.16. The fourth-order valence-corrected chi connectivity index (χ4v) is 2.15. The standard InChI is InChI=1S/C12H13FINO3/c1-7(12(17)18)6-15(2)11(16)9-4-3-8(13)5-10(9)14/h3-5,7H,6H2,1-2H3,(H,17,18). The van der Waals surface area contributed by atoms with Gasteiger partial charge in [0, 0.05) is 17.2 Å². The third kappa shape index (κ3) is 3.66. The van der Waals surface area contributed by atoms with E-state index in [9.17, 15) is 14.0 Å². The summed E-state index contributed by atoms with van der Waals surface area (Å²) in [4.78, 5) is 24.1. The molecule has 1 unspecified atom stereocenters. The number of hydrogen-bond acceptors (Lipinski definition) is 2. The van der Waals surface area contributed by atoms with E-state index < -0.39 is 17.7 Å². The molecule has 1 rings (SSSR count). The van der Waals surface area contributed by atoms with Gasteiger partial charge in [-0.15, -0.1) is 0 Å². The zero-order valence-electron chi connectivity index (χ0n) is 9.98. The Hall–Kier alpha value is -1.18. The molecule has 98 valence electrons. The Morgan fingerprint density at radius 2 is 2.11 bits per heavy atom. The summed E-state index contributed by atoms with van der Waals surface area (Å²) in [6, 6.07) is 3.88. The maximum Gasteiger partial charge on any atom is 0.308 e. The van der Waals surface area contributed by atoms with Crippen LogP contribution in [0.15, 0.2) is 18.2 Å². The molecular formula is C12H13FINO3. The van der Waals surface area contributed by atoms with Crippen LogP contribution in [0.1, 0.15) is 17.3 Å². The molecule has 18 heavy (non-hydrogen) atoms. The van der Waals surface area contributed by atoms with E-state index in [2.05, 4.69) is 0 Å². The van der Waals surface area contributed by atoms with Gasteiger partial charge < -0.3 is 10.0 Å². The lowest BCUT2D eigenvalue weighted by Gasteiger charge is -2.20. The quantitative estimate of drug-likeness (QED) is 0.833. The number of nitrogens with zero attached hydrogens (tertiary/aromatic N) is 1. The van der Waals surface area contributed by atoms with Gasteiger partial charge in [0.15, 0.2) is 0 Å². The van der Waals surface area contributed by atoms with Gasteiger partial charge in [0.25, 0.3) is 5.91 Å². The first-order valence-electron chi connectivity index (χ1n) is 5.26. The fourth-order valence-electron chi connectivity index (χ4n) is 1.44. The molecule has 1 N–H and O–H groups in total. The normalized spacial score (nSPS) is 12.0.